The Morgan fingerprint density at radius 3 is 1.19 bits per heavy atom. The third-order valence-electron chi connectivity index (χ3n) is 23.9. The number of hydrogen-bond acceptors (Lipinski definition) is 14. The van der Waals surface area contributed by atoms with Crippen molar-refractivity contribution in [3.8, 4) is 56.8 Å². The molecule has 2 N–H and O–H groups in total. The number of benzene rings is 9. The maximum atomic E-state index is 13.6. The van der Waals surface area contributed by atoms with Gasteiger partial charge in [0.25, 0.3) is 0 Å². The average molecular weight is 1620 g/mol. The number of hydrogen-bond donors (Lipinski definition) is 2. The van der Waals surface area contributed by atoms with Crippen LogP contribution in [0.3, 0.4) is 0 Å². The molecule has 0 saturated heterocycles. The van der Waals surface area contributed by atoms with Crippen molar-refractivity contribution in [1.29, 1.82) is 0 Å². The molecule has 6 aliphatic heterocycles. The molecule has 21 heteroatoms. The number of carbonyl (C=O) groups is 2. The Bertz CT molecular complexity index is 5940. The van der Waals surface area contributed by atoms with E-state index in [-0.39, 0.29) is 47.9 Å². The van der Waals surface area contributed by atoms with Crippen molar-refractivity contribution in [1.82, 2.24) is 34.4 Å². The Kier molecular flexibility index (Phi) is 24.3. The molecule has 0 bridgehead atoms. The number of anilines is 1. The molecular formula is C99H97N9O11S. The number of nitrogens with zero attached hydrogens (tertiary/aromatic N) is 7. The minimum Gasteiger partial charge on any atom is -0.497 e. The summed E-state index contributed by atoms with van der Waals surface area (Å²) >= 11 is 0. The first-order chi connectivity index (χ1) is 58.4. The van der Waals surface area contributed by atoms with Crippen LogP contribution in [0.25, 0.3) is 38.6 Å². The van der Waals surface area contributed by atoms with Crippen molar-refractivity contribution in [3.05, 3.63) is 342 Å². The van der Waals surface area contributed by atoms with Gasteiger partial charge in [-0.25, -0.2) is 22.9 Å². The summed E-state index contributed by atoms with van der Waals surface area (Å²) in [5.41, 5.74) is 28.3. The van der Waals surface area contributed by atoms with E-state index in [0.717, 1.165) is 159 Å². The summed E-state index contributed by atoms with van der Waals surface area (Å²) in [5, 5.41) is 6.21. The predicted octanol–water partition coefficient (Wildman–Crippen LogP) is 19.4. The number of sulfonamides is 1. The lowest BCUT2D eigenvalue weighted by atomic mass is 9.86. The maximum Gasteiger partial charge on any atom is 0.322 e. The van der Waals surface area contributed by atoms with Crippen molar-refractivity contribution in [2.45, 2.75) is 135 Å². The monoisotopic (exact) mass is 1620 g/mol. The van der Waals surface area contributed by atoms with Gasteiger partial charge in [0, 0.05) is 117 Å². The number of nitrogens with one attached hydrogen (secondary N) is 2. The van der Waals surface area contributed by atoms with Crippen molar-refractivity contribution in [2.75, 3.05) is 53.4 Å². The lowest BCUT2D eigenvalue weighted by Crippen LogP contribution is -2.44. The Balaban J connectivity index is 0.000000134. The fraction of sp³-hybridized carbons (Fsp3) is 0.273. The number of pyridine rings is 3. The minimum atomic E-state index is -3.74. The van der Waals surface area contributed by atoms with Crippen molar-refractivity contribution in [3.63, 3.8) is 0 Å². The number of methoxy groups -OCH3 is 4. The molecule has 3 aromatic heterocycles. The number of fused-ring (bicyclic) bond motifs is 9. The van der Waals surface area contributed by atoms with Crippen LogP contribution in [0, 0.1) is 27.3 Å². The second kappa shape index (κ2) is 36.0. The van der Waals surface area contributed by atoms with Gasteiger partial charge in [-0.2, -0.15) is 4.31 Å². The number of rotatable bonds is 15. The van der Waals surface area contributed by atoms with Gasteiger partial charge in [0.1, 0.15) is 23.0 Å². The van der Waals surface area contributed by atoms with Gasteiger partial charge in [0.15, 0.2) is 5.69 Å². The van der Waals surface area contributed by atoms with Crippen LogP contribution < -0.4 is 29.6 Å². The van der Waals surface area contributed by atoms with E-state index in [4.69, 9.17) is 54.7 Å². The number of aromatic nitrogens is 3. The molecule has 0 spiro atoms. The molecule has 0 fully saturated rings. The van der Waals surface area contributed by atoms with Crippen LogP contribution in [-0.2, 0) is 102 Å². The van der Waals surface area contributed by atoms with Crippen LogP contribution >= 0.6 is 0 Å². The normalized spacial score (nSPS) is 16.7. The highest BCUT2D eigenvalue weighted by Crippen LogP contribution is 2.46. The van der Waals surface area contributed by atoms with Gasteiger partial charge in [-0.1, -0.05) is 146 Å². The second-order valence-electron chi connectivity index (χ2n) is 31.1. The average Bonchev–Trinajstić information content (AvgIpc) is 0.751. The summed E-state index contributed by atoms with van der Waals surface area (Å²) < 4.78 is 69.6. The smallest absolute Gasteiger partial charge is 0.322 e. The van der Waals surface area contributed by atoms with Gasteiger partial charge in [-0.05, 0) is 196 Å². The highest BCUT2D eigenvalue weighted by Gasteiger charge is 2.38. The van der Waals surface area contributed by atoms with E-state index in [9.17, 15) is 18.0 Å². The first-order valence-corrected chi connectivity index (χ1v) is 42.2. The maximum absolute atomic E-state index is 13.6. The highest BCUT2D eigenvalue weighted by atomic mass is 32.2. The molecule has 6 aliphatic rings. The van der Waals surface area contributed by atoms with E-state index in [1.54, 1.807) is 40.6 Å². The van der Waals surface area contributed by atoms with Crippen LogP contribution in [0.4, 0.5) is 21.0 Å². The van der Waals surface area contributed by atoms with Gasteiger partial charge < -0.3 is 53.6 Å². The Labute approximate surface area is 702 Å². The number of amides is 4. The molecule has 0 saturated carbocycles. The molecule has 20 nitrogen and oxygen atoms in total. The molecule has 610 valence electrons. The van der Waals surface area contributed by atoms with Crippen molar-refractivity contribution >= 4 is 33.5 Å². The summed E-state index contributed by atoms with van der Waals surface area (Å²) in [6.45, 7) is 19.6. The van der Waals surface area contributed by atoms with Gasteiger partial charge in [0.2, 0.25) is 10.0 Å². The van der Waals surface area contributed by atoms with E-state index in [2.05, 4.69) is 115 Å². The number of aryl methyl sites for hydroxylation is 3. The van der Waals surface area contributed by atoms with E-state index >= 15 is 0 Å². The molecule has 18 rings (SSSR count). The first-order valence-electron chi connectivity index (χ1n) is 40.8. The zero-order valence-corrected chi connectivity index (χ0v) is 69.6. The third kappa shape index (κ3) is 17.2. The molecular weight excluding hydrogens is 1520 g/mol. The van der Waals surface area contributed by atoms with Gasteiger partial charge in [0.05, 0.1) is 101 Å². The predicted molar refractivity (Wildman–Crippen MR) is 464 cm³/mol. The fourth-order valence-corrected chi connectivity index (χ4v) is 18.6. The second-order valence-corrected chi connectivity index (χ2v) is 33.0. The standard InChI is InChI=1S/C34H35N3O3.C33H33N3O4.C32H29N3O4S/c1-22-18-26(39-3)14-15-27(22)33-28-19-32(25-12-8-5-9-13-25)40-21-30(28)29-20-37(17-16-31(29)36-33)34(38)35-23(2)24-10-6-4-7-11-24;1-21-17-25(39-3)13-14-26(21)32-27-18-31(22-7-5-4-6-8-22)40-20-29(27)28-19-36(16-15-30(28)35-32)33(37)34-23-9-11-24(38-2)12-10-23;1-21-17-24(38-3)11-14-26(21)32-27-18-31(22-7-5-4-6-8-22)39-20-29(27)28-19-35(16-15-30(28)34-32)40(36,37)25-12-9-23(33-2)10-13-25/h4-15,18,23,32H,16-17,19-21H2,1-3H3,(H,35,38);4-14,17,31H,15-16,18-20H2,1-3H3,(H,34,37);4-14,17,31H,15-16,18-20H2,1,3H3/t23-,32-;2*31-/m111/s1. The van der Waals surface area contributed by atoms with Crippen molar-refractivity contribution < 1.29 is 51.2 Å². The Morgan fingerprint density at radius 2 is 0.808 bits per heavy atom. The zero-order chi connectivity index (χ0) is 83.1. The molecule has 9 heterocycles. The molecule has 0 unspecified atom stereocenters. The van der Waals surface area contributed by atoms with Gasteiger partial charge in [-0.15, -0.1) is 0 Å². The Hall–Kier alpha value is -12.6. The van der Waals surface area contributed by atoms with E-state index in [0.29, 0.717) is 83.9 Å². The highest BCUT2D eigenvalue weighted by molar-refractivity contribution is 7.89. The number of ether oxygens (including phenoxy) is 7. The summed E-state index contributed by atoms with van der Waals surface area (Å²) in [6, 6.07) is 72.6. The van der Waals surface area contributed by atoms with E-state index in [1.807, 2.05) is 138 Å². The molecule has 12 aromatic rings. The van der Waals surface area contributed by atoms with Crippen LogP contribution in [-0.4, -0.2) is 97.6 Å². The molecule has 4 amide bonds. The van der Waals surface area contributed by atoms with Gasteiger partial charge >= 0.3 is 12.1 Å². The fourth-order valence-electron chi connectivity index (χ4n) is 17.2. The quantitative estimate of drug-likeness (QED) is 0.0915. The Morgan fingerprint density at radius 1 is 0.442 bits per heavy atom. The third-order valence-corrected chi connectivity index (χ3v) is 25.7. The molecule has 120 heavy (non-hydrogen) atoms. The van der Waals surface area contributed by atoms with Gasteiger partial charge in [-0.3, -0.25) is 15.0 Å². The summed E-state index contributed by atoms with van der Waals surface area (Å²) in [5.74, 6) is 3.21. The summed E-state index contributed by atoms with van der Waals surface area (Å²) in [7, 11) is 2.93. The van der Waals surface area contributed by atoms with Crippen LogP contribution in [0.15, 0.2) is 229 Å². The number of carbonyl (C=O) groups excluding carboxylic acids is 2. The van der Waals surface area contributed by atoms with Crippen LogP contribution in [0.2, 0.25) is 0 Å². The SMILES string of the molecule is COc1ccc(-c2nc3c(c4c2C[C@H](c2ccccc2)OC4)CN(C(=O)N[C@H](C)c2ccccc2)CC3)c(C)c1.COc1ccc(NC(=O)N2CCc3nc(-c4ccc(OC)cc4C)c4c(c3C2)CO[C@@H](c2ccccc2)C4)cc1.[C-]#[N+]c1ccc(S(=O)(=O)N2CCc3nc(-c4ccc(OC)cc4C)c4c(c3C2)CO[C@@H](c2ccccc2)C4)cc1. The van der Waals surface area contributed by atoms with Crippen LogP contribution in [0.5, 0.6) is 23.0 Å². The largest absolute Gasteiger partial charge is 0.497 e. The lowest BCUT2D eigenvalue weighted by Gasteiger charge is -2.35. The summed E-state index contributed by atoms with van der Waals surface area (Å²) in [6.07, 6.45) is 3.79. The van der Waals surface area contributed by atoms with Crippen LogP contribution in [0.1, 0.15) is 137 Å². The molecule has 4 atom stereocenters. The zero-order valence-electron chi connectivity index (χ0n) is 68.8. The summed E-state index contributed by atoms with van der Waals surface area (Å²) in [4.78, 5) is 49.7. The topological polar surface area (TPSA) is 210 Å². The molecule has 0 radical (unpaired) electrons. The van der Waals surface area contributed by atoms with E-state index < -0.39 is 10.0 Å². The number of urea groups is 2. The lowest BCUT2D eigenvalue weighted by molar-refractivity contribution is 0.0263. The van der Waals surface area contributed by atoms with E-state index in [1.165, 1.54) is 38.7 Å². The first kappa shape index (κ1) is 81.2. The van der Waals surface area contributed by atoms with Crippen molar-refractivity contribution in [2.24, 2.45) is 0 Å². The minimum absolute atomic E-state index is 0.0411. The molecule has 0 aliphatic carbocycles. The molecule has 9 aromatic carbocycles.